The Morgan fingerprint density at radius 1 is 1.38 bits per heavy atom. The molecule has 0 spiro atoms. The fourth-order valence-corrected chi connectivity index (χ4v) is 1.95. The van der Waals surface area contributed by atoms with Crippen molar-refractivity contribution >= 4 is 0 Å². The Hall–Kier alpha value is -0.0800. The second-order valence-corrected chi connectivity index (χ2v) is 4.37. The molecule has 1 rings (SSSR count). The van der Waals surface area contributed by atoms with Gasteiger partial charge in [0.2, 0.25) is 0 Å². The lowest BCUT2D eigenvalue weighted by Crippen LogP contribution is -2.40. The third-order valence-corrected chi connectivity index (χ3v) is 3.09. The molecule has 78 valence electrons. The van der Waals surface area contributed by atoms with Crippen LogP contribution in [0.5, 0.6) is 0 Å². The van der Waals surface area contributed by atoms with E-state index in [2.05, 4.69) is 13.8 Å². The minimum absolute atomic E-state index is 0.192. The van der Waals surface area contributed by atoms with E-state index >= 15 is 0 Å². The van der Waals surface area contributed by atoms with Crippen molar-refractivity contribution in [3.8, 4) is 0 Å². The van der Waals surface area contributed by atoms with Gasteiger partial charge in [-0.25, -0.2) is 0 Å². The summed E-state index contributed by atoms with van der Waals surface area (Å²) in [6.45, 7) is 5.37. The zero-order chi connectivity index (χ0) is 9.73. The smallest absolute Gasteiger partial charge is 0.0912 e. The van der Waals surface area contributed by atoms with Gasteiger partial charge in [0.1, 0.15) is 0 Å². The predicted molar refractivity (Wildman–Crippen MR) is 53.7 cm³/mol. The maximum absolute atomic E-state index is 9.33. The van der Waals surface area contributed by atoms with Crippen LogP contribution in [0.2, 0.25) is 0 Å². The summed E-state index contributed by atoms with van der Waals surface area (Å²) in [4.78, 5) is 0. The maximum Gasteiger partial charge on any atom is 0.0912 e. The van der Waals surface area contributed by atoms with Gasteiger partial charge >= 0.3 is 0 Å². The first-order valence-corrected chi connectivity index (χ1v) is 5.47. The minimum atomic E-state index is -0.192. The van der Waals surface area contributed by atoms with E-state index < -0.39 is 0 Å². The lowest BCUT2D eigenvalue weighted by atomic mass is 9.80. The van der Waals surface area contributed by atoms with Crippen molar-refractivity contribution in [1.82, 2.24) is 0 Å². The molecule has 1 N–H and O–H groups in total. The Morgan fingerprint density at radius 3 is 2.46 bits per heavy atom. The summed E-state index contributed by atoms with van der Waals surface area (Å²) in [6.07, 6.45) is 5.50. The van der Waals surface area contributed by atoms with Gasteiger partial charge < -0.3 is 9.84 Å². The SMILES string of the molecule is CCCOC1(CO)CCC(C)CC1. The van der Waals surface area contributed by atoms with Crippen molar-refractivity contribution in [2.24, 2.45) is 5.92 Å². The molecule has 2 heteroatoms. The first-order chi connectivity index (χ1) is 6.22. The van der Waals surface area contributed by atoms with Crippen LogP contribution < -0.4 is 0 Å². The van der Waals surface area contributed by atoms with Crippen molar-refractivity contribution in [3.05, 3.63) is 0 Å². The lowest BCUT2D eigenvalue weighted by molar-refractivity contribution is -0.106. The number of aliphatic hydroxyl groups is 1. The Morgan fingerprint density at radius 2 is 2.00 bits per heavy atom. The summed E-state index contributed by atoms with van der Waals surface area (Å²) in [5.41, 5.74) is -0.192. The fourth-order valence-electron chi connectivity index (χ4n) is 1.95. The summed E-state index contributed by atoms with van der Waals surface area (Å²) >= 11 is 0. The molecule has 0 saturated heterocycles. The molecule has 0 aromatic carbocycles. The molecular weight excluding hydrogens is 164 g/mol. The lowest BCUT2D eigenvalue weighted by Gasteiger charge is -2.37. The number of aliphatic hydroxyl groups excluding tert-OH is 1. The molecule has 0 aliphatic heterocycles. The van der Waals surface area contributed by atoms with Crippen LogP contribution in [-0.2, 0) is 4.74 Å². The molecule has 0 aromatic rings. The third-order valence-electron chi connectivity index (χ3n) is 3.09. The molecule has 13 heavy (non-hydrogen) atoms. The van der Waals surface area contributed by atoms with Crippen LogP contribution in [0.25, 0.3) is 0 Å². The molecule has 1 fully saturated rings. The van der Waals surface area contributed by atoms with Crippen LogP contribution >= 0.6 is 0 Å². The highest BCUT2D eigenvalue weighted by Crippen LogP contribution is 2.34. The highest BCUT2D eigenvalue weighted by atomic mass is 16.5. The second-order valence-electron chi connectivity index (χ2n) is 4.37. The van der Waals surface area contributed by atoms with Gasteiger partial charge in [0, 0.05) is 6.61 Å². The van der Waals surface area contributed by atoms with Crippen LogP contribution in [0.1, 0.15) is 46.0 Å². The van der Waals surface area contributed by atoms with Gasteiger partial charge in [-0.1, -0.05) is 13.8 Å². The molecule has 0 heterocycles. The van der Waals surface area contributed by atoms with Gasteiger partial charge in [0.15, 0.2) is 0 Å². The molecule has 1 saturated carbocycles. The molecule has 0 atom stereocenters. The first kappa shape index (κ1) is 11.0. The second kappa shape index (κ2) is 4.97. The van der Waals surface area contributed by atoms with E-state index in [9.17, 15) is 5.11 Å². The van der Waals surface area contributed by atoms with E-state index in [4.69, 9.17) is 4.74 Å². The Kier molecular flexibility index (Phi) is 4.20. The molecule has 0 bridgehead atoms. The fraction of sp³-hybridized carbons (Fsp3) is 1.00. The van der Waals surface area contributed by atoms with Crippen LogP contribution in [0.15, 0.2) is 0 Å². The number of hydrogen-bond acceptors (Lipinski definition) is 2. The monoisotopic (exact) mass is 186 g/mol. The maximum atomic E-state index is 9.33. The van der Waals surface area contributed by atoms with E-state index in [1.807, 2.05) is 0 Å². The number of hydrogen-bond donors (Lipinski definition) is 1. The zero-order valence-corrected chi connectivity index (χ0v) is 8.88. The summed E-state index contributed by atoms with van der Waals surface area (Å²) in [7, 11) is 0. The molecule has 1 aliphatic rings. The quantitative estimate of drug-likeness (QED) is 0.730. The minimum Gasteiger partial charge on any atom is -0.393 e. The zero-order valence-electron chi connectivity index (χ0n) is 8.88. The van der Waals surface area contributed by atoms with E-state index in [1.54, 1.807) is 0 Å². The summed E-state index contributed by atoms with van der Waals surface area (Å²) in [6, 6.07) is 0. The summed E-state index contributed by atoms with van der Waals surface area (Å²) < 4.78 is 5.77. The first-order valence-electron chi connectivity index (χ1n) is 5.47. The van der Waals surface area contributed by atoms with Crippen LogP contribution in [-0.4, -0.2) is 23.9 Å². The average Bonchev–Trinajstić information content (AvgIpc) is 2.18. The highest BCUT2D eigenvalue weighted by molar-refractivity contribution is 4.85. The molecule has 1 aliphatic carbocycles. The molecule has 0 amide bonds. The molecule has 0 aromatic heterocycles. The molecule has 2 nitrogen and oxygen atoms in total. The summed E-state index contributed by atoms with van der Waals surface area (Å²) in [5.74, 6) is 0.810. The van der Waals surface area contributed by atoms with Gasteiger partial charge in [0.05, 0.1) is 12.2 Å². The van der Waals surface area contributed by atoms with Crippen molar-refractivity contribution in [2.75, 3.05) is 13.2 Å². The van der Waals surface area contributed by atoms with Crippen LogP contribution in [0, 0.1) is 5.92 Å². The van der Waals surface area contributed by atoms with E-state index in [0.29, 0.717) is 0 Å². The molecular formula is C11H22O2. The summed E-state index contributed by atoms with van der Waals surface area (Å²) in [5, 5.41) is 9.33. The van der Waals surface area contributed by atoms with Gasteiger partial charge in [-0.3, -0.25) is 0 Å². The molecule has 0 radical (unpaired) electrons. The predicted octanol–water partition coefficient (Wildman–Crippen LogP) is 2.35. The van der Waals surface area contributed by atoms with Crippen molar-refractivity contribution in [1.29, 1.82) is 0 Å². The van der Waals surface area contributed by atoms with Gasteiger partial charge in [-0.05, 0) is 38.0 Å². The van der Waals surface area contributed by atoms with Crippen molar-refractivity contribution in [2.45, 2.75) is 51.6 Å². The Bertz CT molecular complexity index is 132. The highest BCUT2D eigenvalue weighted by Gasteiger charge is 2.34. The topological polar surface area (TPSA) is 29.5 Å². The van der Waals surface area contributed by atoms with Gasteiger partial charge in [0.25, 0.3) is 0 Å². The Balaban J connectivity index is 2.40. The van der Waals surface area contributed by atoms with Crippen LogP contribution in [0.4, 0.5) is 0 Å². The standard InChI is InChI=1S/C11H22O2/c1-3-8-13-11(9-12)6-4-10(2)5-7-11/h10,12H,3-9H2,1-2H3. The van der Waals surface area contributed by atoms with Crippen molar-refractivity contribution in [3.63, 3.8) is 0 Å². The van der Waals surface area contributed by atoms with E-state index in [1.165, 1.54) is 12.8 Å². The number of rotatable bonds is 4. The molecule has 0 unspecified atom stereocenters. The third kappa shape index (κ3) is 2.96. The Labute approximate surface area is 81.3 Å². The van der Waals surface area contributed by atoms with Crippen molar-refractivity contribution < 1.29 is 9.84 Å². The van der Waals surface area contributed by atoms with E-state index in [-0.39, 0.29) is 12.2 Å². The number of ether oxygens (including phenoxy) is 1. The van der Waals surface area contributed by atoms with Crippen LogP contribution in [0.3, 0.4) is 0 Å². The van der Waals surface area contributed by atoms with E-state index in [0.717, 1.165) is 31.8 Å². The van der Waals surface area contributed by atoms with Gasteiger partial charge in [-0.2, -0.15) is 0 Å². The van der Waals surface area contributed by atoms with Gasteiger partial charge in [-0.15, -0.1) is 0 Å². The average molecular weight is 186 g/mol. The normalized spacial score (nSPS) is 34.8. The largest absolute Gasteiger partial charge is 0.393 e.